The Labute approximate surface area is 128 Å². The number of hydrogen-bond donors (Lipinski definition) is 1. The van der Waals surface area contributed by atoms with Gasteiger partial charge in [-0.3, -0.25) is 0 Å². The molecule has 0 bridgehead atoms. The highest BCUT2D eigenvalue weighted by Gasteiger charge is 2.34. The van der Waals surface area contributed by atoms with Gasteiger partial charge >= 0.3 is 0 Å². The molecule has 106 valence electrons. The predicted molar refractivity (Wildman–Crippen MR) is 82.4 cm³/mol. The first kappa shape index (κ1) is 15.2. The van der Waals surface area contributed by atoms with Gasteiger partial charge in [0.1, 0.15) is 0 Å². The van der Waals surface area contributed by atoms with Crippen molar-refractivity contribution in [1.29, 1.82) is 0 Å². The molecule has 6 heteroatoms. The lowest BCUT2D eigenvalue weighted by atomic mass is 9.93. The first-order valence-electron chi connectivity index (χ1n) is 6.44. The summed E-state index contributed by atoms with van der Waals surface area (Å²) in [5.41, 5.74) is 0. The quantitative estimate of drug-likeness (QED) is 0.752. The zero-order valence-electron chi connectivity index (χ0n) is 10.6. The number of rotatable bonds is 6. The van der Waals surface area contributed by atoms with Gasteiger partial charge in [0, 0.05) is 22.8 Å². The van der Waals surface area contributed by atoms with Crippen molar-refractivity contribution < 1.29 is 13.5 Å². The molecule has 0 spiro atoms. The van der Waals surface area contributed by atoms with Crippen molar-refractivity contribution >= 4 is 32.6 Å². The molecule has 0 heterocycles. The Morgan fingerprint density at radius 1 is 1.26 bits per heavy atom. The molecule has 0 aliphatic heterocycles. The summed E-state index contributed by atoms with van der Waals surface area (Å²) in [5.74, 6) is 0. The largest absolute Gasteiger partial charge is 0.396 e. The molecule has 0 saturated heterocycles. The molecule has 1 aliphatic carbocycles. The lowest BCUT2D eigenvalue weighted by Gasteiger charge is -2.36. The maximum absolute atomic E-state index is 12.6. The van der Waals surface area contributed by atoms with Gasteiger partial charge in [0.2, 0.25) is 10.0 Å². The molecule has 1 aromatic carbocycles. The first-order valence-corrected chi connectivity index (χ1v) is 8.96. The van der Waals surface area contributed by atoms with Gasteiger partial charge in [-0.2, -0.15) is 4.31 Å². The molecule has 1 aromatic rings. The topological polar surface area (TPSA) is 57.6 Å². The zero-order valence-corrected chi connectivity index (χ0v) is 13.6. The molecule has 1 fully saturated rings. The van der Waals surface area contributed by atoms with E-state index in [1.165, 1.54) is 0 Å². The fourth-order valence-electron chi connectivity index (χ4n) is 2.14. The van der Waals surface area contributed by atoms with Crippen molar-refractivity contribution in [1.82, 2.24) is 4.31 Å². The van der Waals surface area contributed by atoms with E-state index in [-0.39, 0.29) is 12.6 Å². The van der Waals surface area contributed by atoms with Crippen LogP contribution in [0.5, 0.6) is 0 Å². The van der Waals surface area contributed by atoms with E-state index in [0.29, 0.717) is 17.9 Å². The second-order valence-corrected chi connectivity index (χ2v) is 7.87. The molecule has 0 atom stereocenters. The third kappa shape index (κ3) is 3.48. The third-order valence-corrected chi connectivity index (χ3v) is 6.12. The van der Waals surface area contributed by atoms with Gasteiger partial charge in [0.15, 0.2) is 0 Å². The summed E-state index contributed by atoms with van der Waals surface area (Å²) in [6.45, 7) is 0.418. The van der Waals surface area contributed by atoms with E-state index in [4.69, 9.17) is 5.11 Å². The number of aliphatic hydroxyl groups excluding tert-OH is 1. The maximum Gasteiger partial charge on any atom is 0.243 e. The van der Waals surface area contributed by atoms with Crippen molar-refractivity contribution in [2.24, 2.45) is 0 Å². The number of benzene rings is 1. The molecule has 0 aromatic heterocycles. The van der Waals surface area contributed by atoms with Crippen LogP contribution in [-0.4, -0.2) is 37.0 Å². The molecule has 1 N–H and O–H groups in total. The van der Waals surface area contributed by atoms with Crippen molar-refractivity contribution in [3.05, 3.63) is 27.8 Å². The second kappa shape index (κ2) is 6.51. The van der Waals surface area contributed by atoms with Gasteiger partial charge in [-0.1, -0.05) is 6.42 Å². The summed E-state index contributed by atoms with van der Waals surface area (Å²) in [6.07, 6.45) is 3.42. The van der Waals surface area contributed by atoms with Crippen LogP contribution in [0, 0.1) is 3.57 Å². The highest BCUT2D eigenvalue weighted by atomic mass is 127. The Kier molecular flexibility index (Phi) is 5.22. The SMILES string of the molecule is O=S(=O)(c1ccc(I)cc1)N(CCCO)C1CCC1. The second-order valence-electron chi connectivity index (χ2n) is 4.73. The normalized spacial score (nSPS) is 16.6. The van der Waals surface area contributed by atoms with Crippen LogP contribution in [-0.2, 0) is 10.0 Å². The highest BCUT2D eigenvalue weighted by molar-refractivity contribution is 14.1. The molecule has 1 aliphatic rings. The van der Waals surface area contributed by atoms with E-state index in [2.05, 4.69) is 22.6 Å². The molecule has 2 rings (SSSR count). The van der Waals surface area contributed by atoms with Crippen molar-refractivity contribution in [2.45, 2.75) is 36.6 Å². The van der Waals surface area contributed by atoms with Gasteiger partial charge in [-0.05, 0) is 66.1 Å². The molecular formula is C13H18INO3S. The van der Waals surface area contributed by atoms with Crippen LogP contribution in [0.25, 0.3) is 0 Å². The van der Waals surface area contributed by atoms with Crippen molar-refractivity contribution in [3.8, 4) is 0 Å². The van der Waals surface area contributed by atoms with Crippen LogP contribution >= 0.6 is 22.6 Å². The number of nitrogens with zero attached hydrogens (tertiary/aromatic N) is 1. The summed E-state index contributed by atoms with van der Waals surface area (Å²) < 4.78 is 27.8. The summed E-state index contributed by atoms with van der Waals surface area (Å²) in [4.78, 5) is 0.345. The highest BCUT2D eigenvalue weighted by Crippen LogP contribution is 2.30. The summed E-state index contributed by atoms with van der Waals surface area (Å²) >= 11 is 2.16. The number of hydrogen-bond acceptors (Lipinski definition) is 3. The van der Waals surface area contributed by atoms with E-state index in [1.54, 1.807) is 28.6 Å². The van der Waals surface area contributed by atoms with Crippen LogP contribution in [0.4, 0.5) is 0 Å². The standard InChI is InChI=1S/C13H18INO3S/c14-11-5-7-13(8-6-11)19(17,18)15(9-2-10-16)12-3-1-4-12/h5-8,12,16H,1-4,9-10H2. The molecule has 4 nitrogen and oxygen atoms in total. The van der Waals surface area contributed by atoms with Crippen LogP contribution in [0.15, 0.2) is 29.2 Å². The maximum atomic E-state index is 12.6. The molecule has 1 saturated carbocycles. The van der Waals surface area contributed by atoms with Crippen LogP contribution in [0.3, 0.4) is 0 Å². The van der Waals surface area contributed by atoms with E-state index in [0.717, 1.165) is 22.8 Å². The summed E-state index contributed by atoms with van der Waals surface area (Å²) in [6, 6.07) is 7.02. The third-order valence-electron chi connectivity index (χ3n) is 3.44. The average Bonchev–Trinajstić information content (AvgIpc) is 2.32. The minimum absolute atomic E-state index is 0.0193. The van der Waals surface area contributed by atoms with Crippen LogP contribution in [0.1, 0.15) is 25.7 Å². The van der Waals surface area contributed by atoms with Gasteiger partial charge < -0.3 is 5.11 Å². The molecule has 0 amide bonds. The van der Waals surface area contributed by atoms with Crippen LogP contribution < -0.4 is 0 Å². The number of aliphatic hydroxyl groups is 1. The first-order chi connectivity index (χ1) is 9.05. The van der Waals surface area contributed by atoms with Crippen molar-refractivity contribution in [2.75, 3.05) is 13.2 Å². The Hall–Kier alpha value is -0.180. The average molecular weight is 395 g/mol. The monoisotopic (exact) mass is 395 g/mol. The van der Waals surface area contributed by atoms with E-state index in [1.807, 2.05) is 0 Å². The number of sulfonamides is 1. The lowest BCUT2D eigenvalue weighted by molar-refractivity contribution is 0.198. The fourth-order valence-corrected chi connectivity index (χ4v) is 4.23. The van der Waals surface area contributed by atoms with E-state index < -0.39 is 10.0 Å². The Morgan fingerprint density at radius 3 is 2.37 bits per heavy atom. The number of halogens is 1. The molecule has 0 radical (unpaired) electrons. The minimum Gasteiger partial charge on any atom is -0.396 e. The summed E-state index contributed by atoms with van der Waals surface area (Å²) in [7, 11) is -3.43. The fraction of sp³-hybridized carbons (Fsp3) is 0.538. The van der Waals surface area contributed by atoms with Gasteiger partial charge in [-0.25, -0.2) is 8.42 Å². The van der Waals surface area contributed by atoms with Crippen LogP contribution in [0.2, 0.25) is 0 Å². The molecule has 19 heavy (non-hydrogen) atoms. The lowest BCUT2D eigenvalue weighted by Crippen LogP contribution is -2.44. The Morgan fingerprint density at radius 2 is 1.89 bits per heavy atom. The smallest absolute Gasteiger partial charge is 0.243 e. The zero-order chi connectivity index (χ0) is 13.9. The Balaban J connectivity index is 2.24. The van der Waals surface area contributed by atoms with Gasteiger partial charge in [0.05, 0.1) is 4.90 Å². The van der Waals surface area contributed by atoms with Gasteiger partial charge in [-0.15, -0.1) is 0 Å². The predicted octanol–water partition coefficient (Wildman–Crippen LogP) is 2.22. The van der Waals surface area contributed by atoms with Crippen molar-refractivity contribution in [3.63, 3.8) is 0 Å². The van der Waals surface area contributed by atoms with E-state index in [9.17, 15) is 8.42 Å². The molecular weight excluding hydrogens is 377 g/mol. The Bertz CT molecular complexity index is 511. The molecule has 0 unspecified atom stereocenters. The van der Waals surface area contributed by atoms with E-state index >= 15 is 0 Å². The summed E-state index contributed by atoms with van der Waals surface area (Å²) in [5, 5.41) is 8.94. The van der Waals surface area contributed by atoms with Gasteiger partial charge in [0.25, 0.3) is 0 Å². The minimum atomic E-state index is -3.43.